The Morgan fingerprint density at radius 3 is 2.30 bits per heavy atom. The maximum atomic E-state index is 11.8. The first-order valence-electron chi connectivity index (χ1n) is 5.75. The largest absolute Gasteiger partial charge is 1.00 e. The van der Waals surface area contributed by atoms with Gasteiger partial charge in [-0.15, -0.1) is 5.69 Å². The van der Waals surface area contributed by atoms with Crippen LogP contribution in [0.3, 0.4) is 0 Å². The van der Waals surface area contributed by atoms with Crippen LogP contribution in [0.25, 0.3) is 5.32 Å². The van der Waals surface area contributed by atoms with Crippen molar-refractivity contribution in [2.45, 2.75) is 12.8 Å². The molecule has 0 heterocycles. The van der Waals surface area contributed by atoms with Gasteiger partial charge < -0.3 is 15.2 Å². The second-order valence-electron chi connectivity index (χ2n) is 4.22. The van der Waals surface area contributed by atoms with Crippen LogP contribution >= 0.6 is 0 Å². The maximum absolute atomic E-state index is 11.8. The van der Waals surface area contributed by atoms with E-state index in [9.17, 15) is 9.90 Å². The predicted molar refractivity (Wildman–Crippen MR) is 67.2 cm³/mol. The number of hydrogen-bond acceptors (Lipinski definition) is 4. The van der Waals surface area contributed by atoms with Crippen LogP contribution in [0, 0.1) is 28.6 Å². The summed E-state index contributed by atoms with van der Waals surface area (Å²) in [6.45, 7) is 0. The monoisotopic (exact) mass is 275 g/mol. The number of benzene rings is 1. The van der Waals surface area contributed by atoms with Gasteiger partial charge in [-0.05, 0) is 25.0 Å². The molecule has 1 fully saturated rings. The standard InChI is InChI=1S/C14H11N3O2.Na/c15-7-9-1-5-11(6-2-9)17-14(19)12(8-16)13(18)10-3-4-10;/h1-2,5-6,10H,3-4H2,(H2,17,18,19);/q;+1/p-1. The third-order valence-electron chi connectivity index (χ3n) is 2.77. The molecule has 2 rings (SSSR count). The molecule has 1 aromatic rings. The van der Waals surface area contributed by atoms with Crippen molar-refractivity contribution in [2.75, 3.05) is 0 Å². The van der Waals surface area contributed by atoms with Crippen molar-refractivity contribution in [3.63, 3.8) is 0 Å². The smallest absolute Gasteiger partial charge is 0.622 e. The Hall–Kier alpha value is -1.79. The van der Waals surface area contributed by atoms with Crippen molar-refractivity contribution in [1.29, 1.82) is 10.5 Å². The molecule has 1 saturated carbocycles. The van der Waals surface area contributed by atoms with E-state index in [1.54, 1.807) is 6.07 Å². The molecule has 0 radical (unpaired) electrons. The van der Waals surface area contributed by atoms with Gasteiger partial charge >= 0.3 is 29.6 Å². The van der Waals surface area contributed by atoms with Crippen molar-refractivity contribution in [3.8, 4) is 12.1 Å². The van der Waals surface area contributed by atoms with Crippen molar-refractivity contribution >= 4 is 11.6 Å². The number of aliphatic hydroxyl groups excluding tert-OH is 1. The summed E-state index contributed by atoms with van der Waals surface area (Å²) in [6, 6.07) is 9.74. The van der Waals surface area contributed by atoms with Gasteiger partial charge in [0.25, 0.3) is 0 Å². The van der Waals surface area contributed by atoms with Crippen LogP contribution in [0.4, 0.5) is 5.69 Å². The zero-order chi connectivity index (χ0) is 13.8. The van der Waals surface area contributed by atoms with Crippen LogP contribution in [0.2, 0.25) is 0 Å². The Morgan fingerprint density at radius 1 is 1.25 bits per heavy atom. The molecular weight excluding hydrogens is 265 g/mol. The fraction of sp³-hybridized carbons (Fsp3) is 0.214. The Labute approximate surface area is 138 Å². The SMILES string of the molecule is N#CC(C(=O)[N-]c1ccc(C#N)cc1)=C(O)C1CC1.[Na+]. The van der Waals surface area contributed by atoms with Gasteiger partial charge in [-0.2, -0.15) is 10.5 Å². The molecule has 0 atom stereocenters. The van der Waals surface area contributed by atoms with Gasteiger partial charge in [-0.25, -0.2) is 0 Å². The van der Waals surface area contributed by atoms with Crippen molar-refractivity contribution in [2.24, 2.45) is 5.92 Å². The molecule has 0 bridgehead atoms. The Bertz CT molecular complexity index is 619. The van der Waals surface area contributed by atoms with Gasteiger partial charge in [0.1, 0.15) is 17.4 Å². The molecule has 0 aliphatic heterocycles. The van der Waals surface area contributed by atoms with Gasteiger partial charge in [0.15, 0.2) is 0 Å². The third kappa shape index (κ3) is 3.85. The molecule has 0 aromatic heterocycles. The number of nitrogens with zero attached hydrogens (tertiary/aromatic N) is 3. The summed E-state index contributed by atoms with van der Waals surface area (Å²) in [5.74, 6) is -0.990. The first kappa shape index (κ1) is 16.3. The summed E-state index contributed by atoms with van der Waals surface area (Å²) in [5, 5.41) is 31.0. The van der Waals surface area contributed by atoms with E-state index in [0.29, 0.717) is 11.3 Å². The summed E-state index contributed by atoms with van der Waals surface area (Å²) in [6.07, 6.45) is 1.59. The summed E-state index contributed by atoms with van der Waals surface area (Å²) >= 11 is 0. The fourth-order valence-electron chi connectivity index (χ4n) is 1.56. The number of rotatable bonds is 3. The molecule has 5 nitrogen and oxygen atoms in total. The summed E-state index contributed by atoms with van der Waals surface area (Å²) in [5.41, 5.74) is 0.510. The maximum Gasteiger partial charge on any atom is 1.00 e. The first-order chi connectivity index (χ1) is 9.15. The van der Waals surface area contributed by atoms with Crippen LogP contribution in [0.5, 0.6) is 0 Å². The van der Waals surface area contributed by atoms with E-state index in [1.807, 2.05) is 6.07 Å². The van der Waals surface area contributed by atoms with Crippen LogP contribution in [0.1, 0.15) is 18.4 Å². The van der Waals surface area contributed by atoms with Crippen LogP contribution in [0.15, 0.2) is 35.6 Å². The molecule has 0 saturated heterocycles. The summed E-state index contributed by atoms with van der Waals surface area (Å²) in [4.78, 5) is 11.8. The molecule has 1 aliphatic rings. The average molecular weight is 275 g/mol. The quantitative estimate of drug-likeness (QED) is 0.358. The average Bonchev–Trinajstić information content (AvgIpc) is 3.24. The van der Waals surface area contributed by atoms with E-state index in [4.69, 9.17) is 10.5 Å². The Morgan fingerprint density at radius 2 is 1.85 bits per heavy atom. The summed E-state index contributed by atoms with van der Waals surface area (Å²) in [7, 11) is 0. The van der Waals surface area contributed by atoms with Crippen molar-refractivity contribution in [1.82, 2.24) is 0 Å². The Balaban J connectivity index is 0.00000200. The van der Waals surface area contributed by atoms with E-state index in [1.165, 1.54) is 24.3 Å². The second-order valence-corrected chi connectivity index (χ2v) is 4.22. The second kappa shape index (κ2) is 7.12. The summed E-state index contributed by atoms with van der Waals surface area (Å²) < 4.78 is 0. The molecule has 20 heavy (non-hydrogen) atoms. The molecule has 0 unspecified atom stereocenters. The number of carbonyl (C=O) groups is 1. The zero-order valence-electron chi connectivity index (χ0n) is 11.0. The van der Waals surface area contributed by atoms with Gasteiger partial charge in [0.05, 0.1) is 17.5 Å². The van der Waals surface area contributed by atoms with Gasteiger partial charge in [-0.1, -0.05) is 12.1 Å². The van der Waals surface area contributed by atoms with Gasteiger partial charge in [0, 0.05) is 5.92 Å². The number of nitriles is 2. The zero-order valence-corrected chi connectivity index (χ0v) is 13.0. The van der Waals surface area contributed by atoms with Crippen LogP contribution < -0.4 is 29.6 Å². The van der Waals surface area contributed by atoms with E-state index in [0.717, 1.165) is 12.8 Å². The minimum Gasteiger partial charge on any atom is -0.622 e. The van der Waals surface area contributed by atoms with Crippen molar-refractivity contribution < 1.29 is 39.5 Å². The third-order valence-corrected chi connectivity index (χ3v) is 2.77. The molecule has 6 heteroatoms. The predicted octanol–water partition coefficient (Wildman–Crippen LogP) is -0.160. The van der Waals surface area contributed by atoms with Crippen LogP contribution in [-0.4, -0.2) is 11.0 Å². The van der Waals surface area contributed by atoms with E-state index in [2.05, 4.69) is 5.32 Å². The minimum atomic E-state index is -0.753. The van der Waals surface area contributed by atoms with Crippen molar-refractivity contribution in [3.05, 3.63) is 46.5 Å². The number of aliphatic hydroxyl groups is 1. The number of amides is 1. The topological polar surface area (TPSA) is 99.0 Å². The van der Waals surface area contributed by atoms with Crippen LogP contribution in [-0.2, 0) is 4.79 Å². The van der Waals surface area contributed by atoms with E-state index < -0.39 is 5.91 Å². The van der Waals surface area contributed by atoms with E-state index >= 15 is 0 Å². The molecule has 94 valence electrons. The van der Waals surface area contributed by atoms with Gasteiger partial charge in [-0.3, -0.25) is 0 Å². The molecular formula is C14H10N3NaO2. The molecule has 1 aliphatic carbocycles. The number of carbonyl (C=O) groups excluding carboxylic acids is 1. The fourth-order valence-corrected chi connectivity index (χ4v) is 1.56. The molecule has 0 spiro atoms. The Kier molecular flexibility index (Phi) is 5.79. The molecule has 1 aromatic carbocycles. The van der Waals surface area contributed by atoms with E-state index in [-0.39, 0.29) is 46.8 Å². The number of hydrogen-bond donors (Lipinski definition) is 1. The molecule has 1 amide bonds. The first-order valence-corrected chi connectivity index (χ1v) is 5.75. The minimum absolute atomic E-state index is 0. The van der Waals surface area contributed by atoms with Gasteiger partial charge in [0.2, 0.25) is 0 Å². The number of allylic oxidation sites excluding steroid dienone is 1. The molecule has 1 N–H and O–H groups in total. The normalized spacial score (nSPS) is 14.1.